The average molecular weight is 198 g/mol. The predicted molar refractivity (Wildman–Crippen MR) is 42.4 cm³/mol. The van der Waals surface area contributed by atoms with Gasteiger partial charge in [-0.3, -0.25) is 0 Å². The minimum Gasteiger partial charge on any atom is -0.820 e. The zero-order valence-electron chi connectivity index (χ0n) is 6.80. The third-order valence-corrected chi connectivity index (χ3v) is 2.46. The van der Waals surface area contributed by atoms with E-state index in [0.29, 0.717) is 11.5 Å². The van der Waals surface area contributed by atoms with Crippen LogP contribution < -0.4 is 15.4 Å². The van der Waals surface area contributed by atoms with Gasteiger partial charge in [0.05, 0.1) is 6.54 Å². The van der Waals surface area contributed by atoms with E-state index in [-0.39, 0.29) is 0 Å². The Morgan fingerprint density at radius 1 is 1.77 bits per heavy atom. The fourth-order valence-corrected chi connectivity index (χ4v) is 1.86. The van der Waals surface area contributed by atoms with Gasteiger partial charge < -0.3 is 5.11 Å². The van der Waals surface area contributed by atoms with Gasteiger partial charge in [-0.15, -0.1) is 0 Å². The van der Waals surface area contributed by atoms with E-state index in [0.717, 1.165) is 4.52 Å². The summed E-state index contributed by atoms with van der Waals surface area (Å²) in [7, 11) is 0. The normalized spacial score (nSPS) is 10.8. The largest absolute Gasteiger partial charge is 0.820 e. The summed E-state index contributed by atoms with van der Waals surface area (Å²) in [6, 6.07) is -0.517. The smallest absolute Gasteiger partial charge is 0.503 e. The first-order valence-corrected chi connectivity index (χ1v) is 4.55. The van der Waals surface area contributed by atoms with Crippen molar-refractivity contribution in [1.82, 2.24) is 14.6 Å². The lowest BCUT2D eigenvalue weighted by molar-refractivity contribution is -0.716. The van der Waals surface area contributed by atoms with Crippen molar-refractivity contribution < 1.29 is 9.67 Å². The SMILES string of the molecule is CC[n+]1c([O-])nc(=O)n2ncsc21. The van der Waals surface area contributed by atoms with E-state index in [9.17, 15) is 9.90 Å². The summed E-state index contributed by atoms with van der Waals surface area (Å²) in [6.45, 7) is 2.30. The second kappa shape index (κ2) is 2.77. The van der Waals surface area contributed by atoms with E-state index in [2.05, 4.69) is 10.1 Å². The van der Waals surface area contributed by atoms with Gasteiger partial charge in [0.15, 0.2) is 0 Å². The van der Waals surface area contributed by atoms with Gasteiger partial charge in [-0.1, -0.05) is 9.61 Å². The molecule has 0 N–H and O–H groups in total. The highest BCUT2D eigenvalue weighted by molar-refractivity contribution is 7.14. The lowest BCUT2D eigenvalue weighted by atomic mass is 10.7. The summed E-state index contributed by atoms with van der Waals surface area (Å²) in [5.41, 5.74) is 0.884. The molecule has 0 aliphatic heterocycles. The Balaban J connectivity index is 2.97. The van der Waals surface area contributed by atoms with Gasteiger partial charge in [0.1, 0.15) is 5.51 Å². The van der Waals surface area contributed by atoms with Crippen molar-refractivity contribution in [3.63, 3.8) is 0 Å². The molecule has 0 aliphatic rings. The predicted octanol–water partition coefficient (Wildman–Crippen LogP) is -1.47. The van der Waals surface area contributed by atoms with Crippen molar-refractivity contribution in [2.45, 2.75) is 13.5 Å². The van der Waals surface area contributed by atoms with Crippen LogP contribution in [0, 0.1) is 0 Å². The van der Waals surface area contributed by atoms with E-state index < -0.39 is 11.7 Å². The monoisotopic (exact) mass is 198 g/mol. The first-order valence-electron chi connectivity index (χ1n) is 3.67. The molecule has 0 radical (unpaired) electrons. The number of fused-ring (bicyclic) bond motifs is 1. The van der Waals surface area contributed by atoms with E-state index >= 15 is 0 Å². The molecule has 68 valence electrons. The van der Waals surface area contributed by atoms with E-state index in [1.165, 1.54) is 21.4 Å². The minimum atomic E-state index is -0.619. The Hall–Kier alpha value is -1.50. The molecule has 7 heteroatoms. The van der Waals surface area contributed by atoms with Crippen molar-refractivity contribution >= 4 is 16.3 Å². The van der Waals surface area contributed by atoms with Crippen LogP contribution >= 0.6 is 11.3 Å². The maximum atomic E-state index is 11.2. The molecule has 0 aliphatic carbocycles. The summed E-state index contributed by atoms with van der Waals surface area (Å²) in [5.74, 6) is 0. The molecule has 0 fully saturated rings. The molecular formula is C6H6N4O2S. The summed E-state index contributed by atoms with van der Waals surface area (Å²) in [5, 5.41) is 15.0. The van der Waals surface area contributed by atoms with Crippen LogP contribution in [-0.2, 0) is 6.54 Å². The van der Waals surface area contributed by atoms with E-state index in [1.807, 2.05) is 6.92 Å². The number of aromatic nitrogens is 4. The Labute approximate surface area is 76.7 Å². The quantitative estimate of drug-likeness (QED) is 0.524. The van der Waals surface area contributed by atoms with Crippen LogP contribution in [0.3, 0.4) is 0 Å². The molecule has 0 amide bonds. The maximum absolute atomic E-state index is 11.2. The molecule has 0 aromatic carbocycles. The highest BCUT2D eigenvalue weighted by Crippen LogP contribution is 2.01. The Kier molecular flexibility index (Phi) is 1.73. The molecule has 0 atom stereocenters. The molecule has 0 saturated carbocycles. The molecule has 13 heavy (non-hydrogen) atoms. The van der Waals surface area contributed by atoms with Gasteiger partial charge >= 0.3 is 10.7 Å². The number of rotatable bonds is 1. The lowest BCUT2D eigenvalue weighted by Crippen LogP contribution is -2.43. The Morgan fingerprint density at radius 2 is 2.54 bits per heavy atom. The van der Waals surface area contributed by atoms with Crippen LogP contribution in [0.2, 0.25) is 0 Å². The molecule has 0 bridgehead atoms. The maximum Gasteiger partial charge on any atom is 0.503 e. The summed E-state index contributed by atoms with van der Waals surface area (Å²) < 4.78 is 2.52. The van der Waals surface area contributed by atoms with Crippen LogP contribution in [-0.4, -0.2) is 14.6 Å². The summed E-state index contributed by atoms with van der Waals surface area (Å²) in [4.78, 5) is 14.9. The van der Waals surface area contributed by atoms with Crippen LogP contribution in [0.1, 0.15) is 6.92 Å². The van der Waals surface area contributed by atoms with Gasteiger partial charge in [-0.05, 0) is 23.2 Å². The molecule has 2 heterocycles. The highest BCUT2D eigenvalue weighted by atomic mass is 32.1. The van der Waals surface area contributed by atoms with Gasteiger partial charge in [-0.2, -0.15) is 0 Å². The standard InChI is InChI=1S/C6H6N4O2S/c1-2-9-4(11)8-5(12)10-6(9)13-3-7-10/h3H,2H2,1H3. The van der Waals surface area contributed by atoms with Gasteiger partial charge in [0.25, 0.3) is 0 Å². The molecule has 2 rings (SSSR count). The molecular weight excluding hydrogens is 192 g/mol. The fourth-order valence-electron chi connectivity index (χ4n) is 1.07. The van der Waals surface area contributed by atoms with Crippen molar-refractivity contribution in [1.29, 1.82) is 0 Å². The molecule has 0 spiro atoms. The Bertz CT molecular complexity index is 503. The second-order valence-corrected chi connectivity index (χ2v) is 3.17. The molecule has 0 unspecified atom stereocenters. The van der Waals surface area contributed by atoms with Gasteiger partial charge in [0.2, 0.25) is 6.01 Å². The third kappa shape index (κ3) is 1.08. The van der Waals surface area contributed by atoms with Crippen molar-refractivity contribution in [2.75, 3.05) is 0 Å². The number of hydrogen-bond donors (Lipinski definition) is 0. The lowest BCUT2D eigenvalue weighted by Gasteiger charge is -2.03. The first-order chi connectivity index (χ1) is 6.24. The summed E-state index contributed by atoms with van der Waals surface area (Å²) >= 11 is 1.24. The van der Waals surface area contributed by atoms with Crippen molar-refractivity contribution in [3.05, 3.63) is 16.0 Å². The van der Waals surface area contributed by atoms with Crippen molar-refractivity contribution in [2.24, 2.45) is 0 Å². The number of nitrogens with zero attached hydrogens (tertiary/aromatic N) is 4. The van der Waals surface area contributed by atoms with E-state index in [4.69, 9.17) is 0 Å². The topological polar surface area (TPSA) is 74.2 Å². The number of aryl methyl sites for hydroxylation is 1. The molecule has 2 aromatic heterocycles. The van der Waals surface area contributed by atoms with E-state index in [1.54, 1.807) is 0 Å². The highest BCUT2D eigenvalue weighted by Gasteiger charge is 2.13. The fraction of sp³-hybridized carbons (Fsp3) is 0.333. The van der Waals surface area contributed by atoms with Crippen LogP contribution in [0.4, 0.5) is 0 Å². The zero-order chi connectivity index (χ0) is 9.42. The van der Waals surface area contributed by atoms with Crippen LogP contribution in [0.15, 0.2) is 10.3 Å². The molecule has 0 saturated heterocycles. The van der Waals surface area contributed by atoms with Gasteiger partial charge in [-0.25, -0.2) is 9.36 Å². The zero-order valence-corrected chi connectivity index (χ0v) is 7.61. The second-order valence-electron chi connectivity index (χ2n) is 2.35. The van der Waals surface area contributed by atoms with Crippen molar-refractivity contribution in [3.8, 4) is 6.01 Å². The molecule has 6 nitrogen and oxygen atoms in total. The van der Waals surface area contributed by atoms with Crippen LogP contribution in [0.25, 0.3) is 4.96 Å². The number of hydrogen-bond acceptors (Lipinski definition) is 5. The van der Waals surface area contributed by atoms with Crippen LogP contribution in [0.5, 0.6) is 6.01 Å². The Morgan fingerprint density at radius 3 is 3.23 bits per heavy atom. The molecule has 2 aromatic rings. The third-order valence-electron chi connectivity index (χ3n) is 1.65. The average Bonchev–Trinajstić information content (AvgIpc) is 2.53. The summed E-state index contributed by atoms with van der Waals surface area (Å²) in [6.07, 6.45) is 0. The van der Waals surface area contributed by atoms with Gasteiger partial charge in [0, 0.05) is 0 Å². The minimum absolute atomic E-state index is 0.484. The first kappa shape index (κ1) is 8.11.